The van der Waals surface area contributed by atoms with Crippen LogP contribution in [0.1, 0.15) is 10.4 Å². The summed E-state index contributed by atoms with van der Waals surface area (Å²) in [6, 6.07) is 7.41. The van der Waals surface area contributed by atoms with Gasteiger partial charge in [0.05, 0.1) is 15.4 Å². The van der Waals surface area contributed by atoms with Gasteiger partial charge in [0.2, 0.25) is 5.75 Å². The molecule has 0 atom stereocenters. The van der Waals surface area contributed by atoms with E-state index in [4.69, 9.17) is 4.42 Å². The highest BCUT2D eigenvalue weighted by molar-refractivity contribution is 9.11. The minimum atomic E-state index is -1.18. The number of benzene rings is 3. The van der Waals surface area contributed by atoms with Crippen LogP contribution >= 0.6 is 31.9 Å². The van der Waals surface area contributed by atoms with Gasteiger partial charge >= 0.3 is 17.3 Å². The molecule has 0 saturated heterocycles. The molecule has 1 heterocycles. The van der Waals surface area contributed by atoms with Crippen molar-refractivity contribution in [2.75, 3.05) is 0 Å². The van der Waals surface area contributed by atoms with Crippen LogP contribution in [0.5, 0.6) is 5.75 Å². The van der Waals surface area contributed by atoms with E-state index >= 15 is 0 Å². The first kappa shape index (κ1) is 22.4. The molecule has 2 aliphatic rings. The van der Waals surface area contributed by atoms with Gasteiger partial charge in [0.25, 0.3) is 5.43 Å². The topological polar surface area (TPSA) is 174 Å². The molecule has 1 aliphatic heterocycles. The molecule has 0 bridgehead atoms. The van der Waals surface area contributed by atoms with Crippen molar-refractivity contribution in [3.8, 4) is 28.2 Å². The van der Waals surface area contributed by atoms with Crippen LogP contribution in [-0.4, -0.2) is 26.0 Å². The Morgan fingerprint density at radius 1 is 0.970 bits per heavy atom. The first-order chi connectivity index (χ1) is 15.5. The molecule has 2 aromatic carbocycles. The Hall–Kier alpha value is -3.84. The summed E-state index contributed by atoms with van der Waals surface area (Å²) in [6.45, 7) is 0. The zero-order chi connectivity index (χ0) is 24.2. The molecular weight excluding hydrogens is 572 g/mol. The number of carboxylic acids is 1. The number of carboxylic acid groups (broad SMARTS) is 1. The lowest BCUT2D eigenvalue weighted by Crippen LogP contribution is -2.11. The fourth-order valence-electron chi connectivity index (χ4n) is 3.39. The molecule has 0 fully saturated rings. The number of nitro groups is 2. The third-order valence-corrected chi connectivity index (χ3v) is 6.35. The molecule has 0 radical (unpaired) electrons. The van der Waals surface area contributed by atoms with Crippen molar-refractivity contribution < 1.29 is 29.3 Å². The third-order valence-electron chi connectivity index (χ3n) is 4.89. The second-order valence-electron chi connectivity index (χ2n) is 6.72. The SMILES string of the molecule is O=C(O)c1ccc(-c2c3cc([N+](=O)[O-])c(=O)c(Br)c-3oc3c(Br)c(O)c([N+](=O)[O-])cc23)cc1. The van der Waals surface area contributed by atoms with Crippen molar-refractivity contribution in [1.82, 2.24) is 0 Å². The second kappa shape index (κ2) is 7.94. The third kappa shape index (κ3) is 3.50. The molecule has 0 saturated carbocycles. The lowest BCUT2D eigenvalue weighted by Gasteiger charge is -2.17. The molecule has 0 aromatic heterocycles. The van der Waals surface area contributed by atoms with E-state index in [1.165, 1.54) is 24.3 Å². The van der Waals surface area contributed by atoms with Crippen molar-refractivity contribution in [2.24, 2.45) is 0 Å². The van der Waals surface area contributed by atoms with Gasteiger partial charge in [0.1, 0.15) is 8.95 Å². The van der Waals surface area contributed by atoms with Crippen LogP contribution in [0.3, 0.4) is 0 Å². The largest absolute Gasteiger partial charge is 0.501 e. The Morgan fingerprint density at radius 2 is 1.58 bits per heavy atom. The molecular formula is C20H8Br2N2O9. The second-order valence-corrected chi connectivity index (χ2v) is 8.31. The average molecular weight is 580 g/mol. The maximum atomic E-state index is 12.5. The van der Waals surface area contributed by atoms with E-state index in [0.717, 1.165) is 12.1 Å². The molecule has 2 N–H and O–H groups in total. The number of carbonyl (C=O) groups is 1. The Bertz CT molecular complexity index is 1540. The number of hydrogen-bond acceptors (Lipinski definition) is 8. The Kier molecular flexibility index (Phi) is 5.38. The maximum Gasteiger partial charge on any atom is 0.335 e. The summed E-state index contributed by atoms with van der Waals surface area (Å²) < 4.78 is 5.34. The molecule has 13 heteroatoms. The summed E-state index contributed by atoms with van der Waals surface area (Å²) >= 11 is 6.11. The predicted octanol–water partition coefficient (Wildman–Crippen LogP) is 5.31. The molecule has 0 spiro atoms. The highest BCUT2D eigenvalue weighted by Gasteiger charge is 2.31. The Morgan fingerprint density at radius 3 is 2.12 bits per heavy atom. The number of phenols is 1. The van der Waals surface area contributed by atoms with Crippen LogP contribution in [0.2, 0.25) is 0 Å². The first-order valence-electron chi connectivity index (χ1n) is 8.80. The van der Waals surface area contributed by atoms with Crippen LogP contribution in [0.15, 0.2) is 54.6 Å². The van der Waals surface area contributed by atoms with E-state index in [0.29, 0.717) is 5.56 Å². The van der Waals surface area contributed by atoms with E-state index in [-0.39, 0.29) is 42.4 Å². The maximum absolute atomic E-state index is 12.5. The zero-order valence-electron chi connectivity index (χ0n) is 15.9. The van der Waals surface area contributed by atoms with Gasteiger partial charge in [-0.25, -0.2) is 4.79 Å². The normalized spacial score (nSPS) is 11.1. The van der Waals surface area contributed by atoms with Gasteiger partial charge in [-0.3, -0.25) is 25.0 Å². The monoisotopic (exact) mass is 578 g/mol. The fraction of sp³-hybridized carbons (Fsp3) is 0. The fourth-order valence-corrected chi connectivity index (χ4v) is 4.39. The van der Waals surface area contributed by atoms with Crippen LogP contribution in [-0.2, 0) is 0 Å². The first-order valence-corrected chi connectivity index (χ1v) is 10.4. The number of aromatic carboxylic acids is 1. The molecule has 1 aliphatic carbocycles. The summed E-state index contributed by atoms with van der Waals surface area (Å²) in [7, 11) is 0. The van der Waals surface area contributed by atoms with Crippen LogP contribution in [0.4, 0.5) is 11.4 Å². The van der Waals surface area contributed by atoms with Gasteiger partial charge in [-0.2, -0.15) is 0 Å². The van der Waals surface area contributed by atoms with E-state index in [1.54, 1.807) is 0 Å². The lowest BCUT2D eigenvalue weighted by atomic mass is 9.92. The van der Waals surface area contributed by atoms with Gasteiger partial charge in [-0.1, -0.05) is 12.1 Å². The van der Waals surface area contributed by atoms with E-state index in [9.17, 15) is 40.0 Å². The van der Waals surface area contributed by atoms with Crippen LogP contribution < -0.4 is 5.43 Å². The molecule has 0 amide bonds. The van der Waals surface area contributed by atoms with E-state index < -0.39 is 38.4 Å². The predicted molar refractivity (Wildman–Crippen MR) is 122 cm³/mol. The highest BCUT2D eigenvalue weighted by atomic mass is 79.9. The summed E-state index contributed by atoms with van der Waals surface area (Å²) in [5.41, 5.74) is -1.90. The van der Waals surface area contributed by atoms with Crippen LogP contribution in [0.25, 0.3) is 33.4 Å². The summed E-state index contributed by atoms with van der Waals surface area (Å²) in [4.78, 5) is 44.9. The van der Waals surface area contributed by atoms with Crippen LogP contribution in [0, 0.1) is 20.2 Å². The van der Waals surface area contributed by atoms with Gasteiger partial charge in [-0.05, 0) is 49.6 Å². The number of hydrogen-bond donors (Lipinski definition) is 2. The average Bonchev–Trinajstić information content (AvgIpc) is 2.77. The quantitative estimate of drug-likeness (QED) is 0.184. The van der Waals surface area contributed by atoms with Gasteiger partial charge in [0, 0.05) is 28.6 Å². The van der Waals surface area contributed by atoms with E-state index in [2.05, 4.69) is 31.9 Å². The number of nitro benzene ring substituents is 2. The summed E-state index contributed by atoms with van der Waals surface area (Å²) in [5, 5.41) is 42.5. The van der Waals surface area contributed by atoms with Crippen molar-refractivity contribution in [2.45, 2.75) is 0 Å². The number of nitrogens with zero attached hydrogens (tertiary/aromatic N) is 2. The minimum Gasteiger partial charge on any atom is -0.501 e. The molecule has 4 rings (SSSR count). The van der Waals surface area contributed by atoms with Crippen molar-refractivity contribution in [3.05, 3.63) is 81.4 Å². The molecule has 0 unspecified atom stereocenters. The number of halogens is 2. The Balaban J connectivity index is 2.27. The number of aromatic hydroxyl groups is 1. The highest BCUT2D eigenvalue weighted by Crippen LogP contribution is 2.49. The van der Waals surface area contributed by atoms with Crippen molar-refractivity contribution in [3.63, 3.8) is 0 Å². The number of rotatable bonds is 4. The van der Waals surface area contributed by atoms with Gasteiger partial charge in [-0.15, -0.1) is 0 Å². The summed E-state index contributed by atoms with van der Waals surface area (Å²) in [6.07, 6.45) is 0. The molecule has 11 nitrogen and oxygen atoms in total. The van der Waals surface area contributed by atoms with E-state index in [1.807, 2.05) is 0 Å². The van der Waals surface area contributed by atoms with Crippen molar-refractivity contribution in [1.29, 1.82) is 0 Å². The number of phenolic OH excluding ortho intramolecular Hbond substituents is 1. The molecule has 2 aromatic rings. The Labute approximate surface area is 198 Å². The van der Waals surface area contributed by atoms with Gasteiger partial charge < -0.3 is 14.6 Å². The van der Waals surface area contributed by atoms with Gasteiger partial charge in [0.15, 0.2) is 11.3 Å². The number of fused-ring (bicyclic) bond motifs is 2. The molecule has 33 heavy (non-hydrogen) atoms. The lowest BCUT2D eigenvalue weighted by molar-refractivity contribution is -0.386. The standard InChI is InChI=1S/C20H8Br2N2O9/c21-14-16(25)11(23(29)30)5-9-13(7-1-3-8(4-2-7)20(27)28)10-6-12(24(31)32)17(26)15(22)19(10)33-18(9)14/h1-6,25H,(H,27,28). The minimum absolute atomic E-state index is 0.0354. The van der Waals surface area contributed by atoms with Crippen molar-refractivity contribution >= 4 is 60.2 Å². The smallest absolute Gasteiger partial charge is 0.335 e. The number of non-ortho nitro benzene ring substituents is 1. The summed E-state index contributed by atoms with van der Waals surface area (Å²) in [5.74, 6) is -2.01. The zero-order valence-corrected chi connectivity index (χ0v) is 19.0. The molecule has 166 valence electrons.